The van der Waals surface area contributed by atoms with E-state index in [0.29, 0.717) is 25.3 Å². The minimum Gasteiger partial charge on any atom is -0.347 e. The van der Waals surface area contributed by atoms with Crippen molar-refractivity contribution >= 4 is 21.7 Å². The fourth-order valence-corrected chi connectivity index (χ4v) is 5.07. The molecule has 2 amide bonds. The van der Waals surface area contributed by atoms with Crippen LogP contribution in [0.4, 0.5) is 22.0 Å². The van der Waals surface area contributed by atoms with Gasteiger partial charge < -0.3 is 10.2 Å². The third-order valence-electron chi connectivity index (χ3n) is 6.47. The van der Waals surface area contributed by atoms with Gasteiger partial charge in [0.25, 0.3) is 5.91 Å². The highest BCUT2D eigenvalue weighted by molar-refractivity contribution is 7.90. The van der Waals surface area contributed by atoms with Gasteiger partial charge >= 0.3 is 6.18 Å². The van der Waals surface area contributed by atoms with Crippen LogP contribution in [0, 0.1) is 17.6 Å². The molecule has 1 saturated heterocycles. The molecule has 1 aliphatic heterocycles. The van der Waals surface area contributed by atoms with Crippen molar-refractivity contribution in [2.75, 3.05) is 12.8 Å². The Morgan fingerprint density at radius 1 is 1.03 bits per heavy atom. The van der Waals surface area contributed by atoms with E-state index in [4.69, 9.17) is 0 Å². The number of carbonyl (C=O) groups excluding carboxylic acids is 2. The van der Waals surface area contributed by atoms with E-state index >= 15 is 0 Å². The van der Waals surface area contributed by atoms with E-state index in [1.54, 1.807) is 0 Å². The average molecular weight is 531 g/mol. The number of hydrogen-bond acceptors (Lipinski definition) is 4. The van der Waals surface area contributed by atoms with Gasteiger partial charge in [-0.3, -0.25) is 9.59 Å². The summed E-state index contributed by atoms with van der Waals surface area (Å²) in [6.45, 7) is 0.113. The summed E-state index contributed by atoms with van der Waals surface area (Å²) in [5.74, 6) is -3.71. The van der Waals surface area contributed by atoms with E-state index < -0.39 is 62.7 Å². The molecule has 194 valence electrons. The van der Waals surface area contributed by atoms with Crippen molar-refractivity contribution in [1.82, 2.24) is 10.2 Å². The molecule has 4 rings (SSSR count). The highest BCUT2D eigenvalue weighted by Crippen LogP contribution is 2.43. The van der Waals surface area contributed by atoms with Gasteiger partial charge in [0.2, 0.25) is 5.91 Å². The molecule has 0 aromatic heterocycles. The summed E-state index contributed by atoms with van der Waals surface area (Å²) in [4.78, 5) is 27.1. The second-order valence-electron chi connectivity index (χ2n) is 9.13. The molecule has 0 spiro atoms. The third kappa shape index (κ3) is 5.37. The predicted octanol–water partition coefficient (Wildman–Crippen LogP) is 4.26. The van der Waals surface area contributed by atoms with Crippen LogP contribution in [0.15, 0.2) is 41.3 Å². The van der Waals surface area contributed by atoms with Gasteiger partial charge in [0.05, 0.1) is 22.1 Å². The molecular formula is C24H23F5N2O4S. The molecule has 1 aliphatic carbocycles. The molecule has 1 N–H and O–H groups in total. The molecule has 2 aromatic carbocycles. The molecule has 2 aliphatic rings. The number of amides is 2. The Balaban J connectivity index is 1.56. The lowest BCUT2D eigenvalue weighted by Crippen LogP contribution is -2.47. The molecule has 2 atom stereocenters. The number of alkyl halides is 3. The number of hydrogen-bond donors (Lipinski definition) is 1. The van der Waals surface area contributed by atoms with Crippen molar-refractivity contribution in [3.05, 3.63) is 64.7 Å². The monoisotopic (exact) mass is 530 g/mol. The molecular weight excluding hydrogens is 507 g/mol. The van der Waals surface area contributed by atoms with Crippen LogP contribution in [0.3, 0.4) is 0 Å². The molecule has 0 radical (unpaired) electrons. The standard InChI is InChI=1S/C24H23F5N2O4S/c1-36(34,35)15-7-9-18(25)17(12-15)23(33)31-10-2-3-20(31)22(32)30-21(13-4-5-13)16-8-6-14(11-19(16)26)24(27,28)29/h6-9,11-13,20-21H,2-5,10H2,1H3,(H,30,32)/t20?,21-/m1/s1. The van der Waals surface area contributed by atoms with Gasteiger partial charge in [-0.05, 0) is 61.9 Å². The van der Waals surface area contributed by atoms with Gasteiger partial charge in [0.15, 0.2) is 9.84 Å². The summed E-state index contributed by atoms with van der Waals surface area (Å²) < 4.78 is 91.5. The smallest absolute Gasteiger partial charge is 0.347 e. The van der Waals surface area contributed by atoms with Crippen LogP contribution in [0.5, 0.6) is 0 Å². The summed E-state index contributed by atoms with van der Waals surface area (Å²) in [5, 5.41) is 2.68. The SMILES string of the molecule is CS(=O)(=O)c1ccc(F)c(C(=O)N2CCCC2C(=O)N[C@@H](c2ccc(C(F)(F)F)cc2F)C2CC2)c1. The fraction of sp³-hybridized carbons (Fsp3) is 0.417. The number of halogens is 5. The zero-order valence-corrected chi connectivity index (χ0v) is 19.9. The largest absolute Gasteiger partial charge is 0.416 e. The molecule has 1 saturated carbocycles. The number of rotatable bonds is 6. The lowest BCUT2D eigenvalue weighted by Gasteiger charge is -2.27. The summed E-state index contributed by atoms with van der Waals surface area (Å²) in [6.07, 6.45) is -1.87. The summed E-state index contributed by atoms with van der Waals surface area (Å²) in [7, 11) is -3.72. The van der Waals surface area contributed by atoms with Crippen LogP contribution < -0.4 is 5.32 Å². The number of benzene rings is 2. The lowest BCUT2D eigenvalue weighted by molar-refractivity contribution is -0.137. The first-order chi connectivity index (χ1) is 16.8. The van der Waals surface area contributed by atoms with Crippen LogP contribution in [0.2, 0.25) is 0 Å². The second-order valence-corrected chi connectivity index (χ2v) is 11.1. The number of nitrogens with one attached hydrogen (secondary N) is 1. The first-order valence-electron chi connectivity index (χ1n) is 11.2. The third-order valence-corrected chi connectivity index (χ3v) is 7.58. The second kappa shape index (κ2) is 9.45. The van der Waals surface area contributed by atoms with E-state index in [2.05, 4.69) is 5.32 Å². The van der Waals surface area contributed by atoms with Crippen molar-refractivity contribution in [3.63, 3.8) is 0 Å². The maximum atomic E-state index is 14.6. The molecule has 36 heavy (non-hydrogen) atoms. The summed E-state index contributed by atoms with van der Waals surface area (Å²) in [6, 6.07) is 3.05. The van der Waals surface area contributed by atoms with E-state index in [9.17, 15) is 40.0 Å². The molecule has 2 fully saturated rings. The maximum Gasteiger partial charge on any atom is 0.416 e. The van der Waals surface area contributed by atoms with Gasteiger partial charge in [-0.25, -0.2) is 17.2 Å². The zero-order valence-electron chi connectivity index (χ0n) is 19.1. The van der Waals surface area contributed by atoms with Gasteiger partial charge in [-0.2, -0.15) is 13.2 Å². The summed E-state index contributed by atoms with van der Waals surface area (Å²) >= 11 is 0. The van der Waals surface area contributed by atoms with Crippen LogP contribution in [-0.4, -0.2) is 44.0 Å². The molecule has 0 bridgehead atoms. The molecule has 1 heterocycles. The Hall–Kier alpha value is -3.02. The molecule has 2 aromatic rings. The Labute approximate surface area is 204 Å². The van der Waals surface area contributed by atoms with Crippen LogP contribution >= 0.6 is 0 Å². The number of nitrogens with zero attached hydrogens (tertiary/aromatic N) is 1. The van der Waals surface area contributed by atoms with Crippen molar-refractivity contribution < 1.29 is 40.0 Å². The van der Waals surface area contributed by atoms with Gasteiger partial charge in [0.1, 0.15) is 17.7 Å². The predicted molar refractivity (Wildman–Crippen MR) is 119 cm³/mol. The van der Waals surface area contributed by atoms with E-state index in [1.165, 1.54) is 0 Å². The van der Waals surface area contributed by atoms with Crippen molar-refractivity contribution in [3.8, 4) is 0 Å². The topological polar surface area (TPSA) is 83.6 Å². The first-order valence-corrected chi connectivity index (χ1v) is 13.1. The minimum atomic E-state index is -4.72. The fourth-order valence-electron chi connectivity index (χ4n) is 4.42. The van der Waals surface area contributed by atoms with E-state index in [0.717, 1.165) is 41.5 Å². The van der Waals surface area contributed by atoms with Crippen molar-refractivity contribution in [2.24, 2.45) is 5.92 Å². The average Bonchev–Trinajstić information content (AvgIpc) is 3.51. The minimum absolute atomic E-state index is 0.0818. The normalized spacial score (nSPS) is 19.3. The first kappa shape index (κ1) is 26.1. The van der Waals surface area contributed by atoms with E-state index in [1.807, 2.05) is 0 Å². The van der Waals surface area contributed by atoms with Crippen molar-refractivity contribution in [2.45, 2.75) is 48.8 Å². The quantitative estimate of drug-likeness (QED) is 0.447. The van der Waals surface area contributed by atoms with E-state index in [-0.39, 0.29) is 29.3 Å². The Morgan fingerprint density at radius 2 is 1.72 bits per heavy atom. The summed E-state index contributed by atoms with van der Waals surface area (Å²) in [5.41, 5.74) is -1.72. The van der Waals surface area contributed by atoms with Crippen LogP contribution in [0.25, 0.3) is 0 Å². The molecule has 12 heteroatoms. The Morgan fingerprint density at radius 3 is 2.31 bits per heavy atom. The van der Waals surface area contributed by atoms with Gasteiger partial charge in [-0.1, -0.05) is 6.07 Å². The highest BCUT2D eigenvalue weighted by atomic mass is 32.2. The zero-order chi connectivity index (χ0) is 26.4. The van der Waals surface area contributed by atoms with Crippen molar-refractivity contribution in [1.29, 1.82) is 0 Å². The van der Waals surface area contributed by atoms with Crippen LogP contribution in [-0.2, 0) is 20.8 Å². The highest BCUT2D eigenvalue weighted by Gasteiger charge is 2.41. The van der Waals surface area contributed by atoms with Gasteiger partial charge in [-0.15, -0.1) is 0 Å². The lowest BCUT2D eigenvalue weighted by atomic mass is 9.99. The van der Waals surface area contributed by atoms with Gasteiger partial charge in [0, 0.05) is 18.4 Å². The molecule has 6 nitrogen and oxygen atoms in total. The number of carbonyl (C=O) groups is 2. The number of sulfone groups is 1. The molecule has 1 unspecified atom stereocenters. The van der Waals surface area contributed by atoms with Crippen LogP contribution in [0.1, 0.15) is 53.2 Å². The Kier molecular flexibility index (Phi) is 6.84. The Bertz CT molecular complexity index is 1310. The number of likely N-dealkylation sites (tertiary alicyclic amines) is 1. The maximum absolute atomic E-state index is 14.6.